The average Bonchev–Trinajstić information content (AvgIpc) is 2.40. The summed E-state index contributed by atoms with van der Waals surface area (Å²) in [5, 5.41) is 0. The molecule has 0 amide bonds. The van der Waals surface area contributed by atoms with Gasteiger partial charge in [0.1, 0.15) is 5.75 Å². The second-order valence-corrected chi connectivity index (χ2v) is 5.88. The van der Waals surface area contributed by atoms with Gasteiger partial charge in [-0.25, -0.2) is 0 Å². The van der Waals surface area contributed by atoms with Crippen LogP contribution in [0.3, 0.4) is 0 Å². The van der Waals surface area contributed by atoms with E-state index in [4.69, 9.17) is 15.2 Å². The molecule has 2 N–H and O–H groups in total. The number of benzene rings is 1. The van der Waals surface area contributed by atoms with Crippen LogP contribution in [0, 0.1) is 0 Å². The molecule has 1 aromatic rings. The molecule has 0 spiro atoms. The second kappa shape index (κ2) is 5.93. The van der Waals surface area contributed by atoms with Gasteiger partial charge in [-0.1, -0.05) is 12.1 Å². The number of ether oxygens (including phenoxy) is 2. The van der Waals surface area contributed by atoms with E-state index in [1.165, 1.54) is 11.1 Å². The van der Waals surface area contributed by atoms with Crippen molar-refractivity contribution in [1.82, 2.24) is 0 Å². The van der Waals surface area contributed by atoms with E-state index in [9.17, 15) is 0 Å². The third kappa shape index (κ3) is 3.48. The first-order valence-corrected chi connectivity index (χ1v) is 7.09. The molecule has 1 aromatic carbocycles. The Kier molecular flexibility index (Phi) is 4.48. The topological polar surface area (TPSA) is 44.5 Å². The first-order chi connectivity index (χ1) is 9.03. The maximum absolute atomic E-state index is 6.16. The standard InChI is InChI=1S/C16H25NO2/c1-16(2,18-3)10-11-19-15-9-5-6-12-13(15)7-4-8-14(12)17/h5-6,9,14H,4,7-8,10-11,17H2,1-3H3. The lowest BCUT2D eigenvalue weighted by atomic mass is 9.87. The zero-order chi connectivity index (χ0) is 13.9. The number of rotatable bonds is 5. The van der Waals surface area contributed by atoms with Gasteiger partial charge in [-0.15, -0.1) is 0 Å². The predicted molar refractivity (Wildman–Crippen MR) is 77.5 cm³/mol. The number of hydrogen-bond donors (Lipinski definition) is 1. The van der Waals surface area contributed by atoms with E-state index >= 15 is 0 Å². The Morgan fingerprint density at radius 1 is 1.37 bits per heavy atom. The van der Waals surface area contributed by atoms with E-state index < -0.39 is 0 Å². The summed E-state index contributed by atoms with van der Waals surface area (Å²) in [6.45, 7) is 4.83. The van der Waals surface area contributed by atoms with Crippen molar-refractivity contribution in [2.75, 3.05) is 13.7 Å². The van der Waals surface area contributed by atoms with Crippen molar-refractivity contribution in [3.8, 4) is 5.75 Å². The molecule has 0 fully saturated rings. The highest BCUT2D eigenvalue weighted by Crippen LogP contribution is 2.34. The minimum Gasteiger partial charge on any atom is -0.493 e. The Labute approximate surface area is 116 Å². The van der Waals surface area contributed by atoms with E-state index in [0.717, 1.165) is 31.4 Å². The number of fused-ring (bicyclic) bond motifs is 1. The van der Waals surface area contributed by atoms with Crippen molar-refractivity contribution in [1.29, 1.82) is 0 Å². The van der Waals surface area contributed by atoms with Gasteiger partial charge in [0.2, 0.25) is 0 Å². The van der Waals surface area contributed by atoms with E-state index in [2.05, 4.69) is 26.0 Å². The minimum atomic E-state index is -0.134. The molecule has 0 saturated heterocycles. The lowest BCUT2D eigenvalue weighted by molar-refractivity contribution is 0.00535. The molecule has 0 aromatic heterocycles. The van der Waals surface area contributed by atoms with Crippen LogP contribution in [0.5, 0.6) is 5.75 Å². The number of hydrogen-bond acceptors (Lipinski definition) is 3. The van der Waals surface area contributed by atoms with Crippen LogP contribution in [0.25, 0.3) is 0 Å². The smallest absolute Gasteiger partial charge is 0.122 e. The van der Waals surface area contributed by atoms with Crippen molar-refractivity contribution < 1.29 is 9.47 Å². The number of methoxy groups -OCH3 is 1. The van der Waals surface area contributed by atoms with Gasteiger partial charge >= 0.3 is 0 Å². The molecule has 1 aliphatic rings. The van der Waals surface area contributed by atoms with Gasteiger partial charge in [0.25, 0.3) is 0 Å². The highest BCUT2D eigenvalue weighted by Gasteiger charge is 2.21. The lowest BCUT2D eigenvalue weighted by Crippen LogP contribution is -2.25. The fourth-order valence-corrected chi connectivity index (χ4v) is 2.50. The SMILES string of the molecule is COC(C)(C)CCOc1cccc2c1CCCC2N. The first kappa shape index (κ1) is 14.4. The Bertz CT molecular complexity index is 429. The summed E-state index contributed by atoms with van der Waals surface area (Å²) in [7, 11) is 1.74. The minimum absolute atomic E-state index is 0.134. The normalized spacial score (nSPS) is 19.1. The molecule has 2 rings (SSSR count). The van der Waals surface area contributed by atoms with Crippen LogP contribution >= 0.6 is 0 Å². The molecule has 0 bridgehead atoms. The van der Waals surface area contributed by atoms with Crippen molar-refractivity contribution in [3.63, 3.8) is 0 Å². The maximum atomic E-state index is 6.16. The van der Waals surface area contributed by atoms with Crippen LogP contribution < -0.4 is 10.5 Å². The summed E-state index contributed by atoms with van der Waals surface area (Å²) in [5.41, 5.74) is 8.59. The zero-order valence-corrected chi connectivity index (χ0v) is 12.2. The molecule has 1 unspecified atom stereocenters. The fraction of sp³-hybridized carbons (Fsp3) is 0.625. The summed E-state index contributed by atoms with van der Waals surface area (Å²) < 4.78 is 11.4. The van der Waals surface area contributed by atoms with Crippen molar-refractivity contribution >= 4 is 0 Å². The van der Waals surface area contributed by atoms with Gasteiger partial charge in [0, 0.05) is 19.6 Å². The predicted octanol–water partition coefficient (Wildman–Crippen LogP) is 3.22. The molecule has 3 nitrogen and oxygen atoms in total. The van der Waals surface area contributed by atoms with Crippen LogP contribution in [-0.4, -0.2) is 19.3 Å². The highest BCUT2D eigenvalue weighted by atomic mass is 16.5. The van der Waals surface area contributed by atoms with Crippen molar-refractivity contribution in [2.45, 2.75) is 51.2 Å². The van der Waals surface area contributed by atoms with E-state index in [1.54, 1.807) is 7.11 Å². The summed E-state index contributed by atoms with van der Waals surface area (Å²) in [4.78, 5) is 0. The molecular weight excluding hydrogens is 238 g/mol. The van der Waals surface area contributed by atoms with E-state index in [0.29, 0.717) is 6.61 Å². The quantitative estimate of drug-likeness (QED) is 0.887. The summed E-state index contributed by atoms with van der Waals surface area (Å²) >= 11 is 0. The molecule has 19 heavy (non-hydrogen) atoms. The van der Waals surface area contributed by atoms with Gasteiger partial charge in [-0.2, -0.15) is 0 Å². The average molecular weight is 263 g/mol. The maximum Gasteiger partial charge on any atom is 0.122 e. The van der Waals surface area contributed by atoms with Gasteiger partial charge in [0.15, 0.2) is 0 Å². The molecule has 0 saturated carbocycles. The molecule has 1 atom stereocenters. The van der Waals surface area contributed by atoms with Crippen LogP contribution in [0.1, 0.15) is 50.3 Å². The van der Waals surface area contributed by atoms with Crippen LogP contribution in [0.2, 0.25) is 0 Å². The highest BCUT2D eigenvalue weighted by molar-refractivity contribution is 5.43. The van der Waals surface area contributed by atoms with Crippen LogP contribution in [0.4, 0.5) is 0 Å². The van der Waals surface area contributed by atoms with Crippen molar-refractivity contribution in [2.24, 2.45) is 5.73 Å². The van der Waals surface area contributed by atoms with Gasteiger partial charge in [-0.3, -0.25) is 0 Å². The Morgan fingerprint density at radius 3 is 2.89 bits per heavy atom. The lowest BCUT2D eigenvalue weighted by Gasteiger charge is -2.26. The monoisotopic (exact) mass is 263 g/mol. The molecule has 0 radical (unpaired) electrons. The second-order valence-electron chi connectivity index (χ2n) is 5.88. The molecule has 106 valence electrons. The van der Waals surface area contributed by atoms with Crippen LogP contribution in [0.15, 0.2) is 18.2 Å². The summed E-state index contributed by atoms with van der Waals surface area (Å²) in [5.74, 6) is 1.000. The molecule has 0 aliphatic heterocycles. The summed E-state index contributed by atoms with van der Waals surface area (Å²) in [6.07, 6.45) is 4.18. The van der Waals surface area contributed by atoms with Crippen LogP contribution in [-0.2, 0) is 11.2 Å². The van der Waals surface area contributed by atoms with Gasteiger partial charge in [0.05, 0.1) is 12.2 Å². The molecular formula is C16H25NO2. The molecule has 1 aliphatic carbocycles. The van der Waals surface area contributed by atoms with Gasteiger partial charge < -0.3 is 15.2 Å². The molecule has 3 heteroatoms. The Balaban J connectivity index is 2.03. The Hall–Kier alpha value is -1.06. The number of nitrogens with two attached hydrogens (primary N) is 1. The summed E-state index contributed by atoms with van der Waals surface area (Å²) in [6, 6.07) is 6.39. The third-order valence-corrected chi connectivity index (χ3v) is 4.02. The van der Waals surface area contributed by atoms with E-state index in [1.807, 2.05) is 6.07 Å². The third-order valence-electron chi connectivity index (χ3n) is 4.02. The zero-order valence-electron chi connectivity index (χ0n) is 12.2. The Morgan fingerprint density at radius 2 is 2.16 bits per heavy atom. The largest absolute Gasteiger partial charge is 0.493 e. The van der Waals surface area contributed by atoms with Crippen molar-refractivity contribution in [3.05, 3.63) is 29.3 Å². The molecule has 0 heterocycles. The van der Waals surface area contributed by atoms with Gasteiger partial charge in [-0.05, 0) is 50.3 Å². The fourth-order valence-electron chi connectivity index (χ4n) is 2.50. The first-order valence-electron chi connectivity index (χ1n) is 7.09. The van der Waals surface area contributed by atoms with E-state index in [-0.39, 0.29) is 11.6 Å².